The van der Waals surface area contributed by atoms with E-state index >= 15 is 0 Å². The molecule has 1 heterocycles. The highest BCUT2D eigenvalue weighted by atomic mass is 15.2. The van der Waals surface area contributed by atoms with Gasteiger partial charge in [-0.1, -0.05) is 37.3 Å². The molecule has 0 radical (unpaired) electrons. The lowest BCUT2D eigenvalue weighted by atomic mass is 9.99. The number of benzene rings is 1. The minimum Gasteiger partial charge on any atom is -0.356 e. The van der Waals surface area contributed by atoms with Crippen molar-refractivity contribution in [3.63, 3.8) is 0 Å². The molecule has 4 nitrogen and oxygen atoms in total. The van der Waals surface area contributed by atoms with Gasteiger partial charge in [0.15, 0.2) is 5.96 Å². The molecule has 128 valence electrons. The molecule has 1 aromatic rings. The predicted molar refractivity (Wildman–Crippen MR) is 99.0 cm³/mol. The quantitative estimate of drug-likeness (QED) is 0.461. The summed E-state index contributed by atoms with van der Waals surface area (Å²) in [5.41, 5.74) is 1.36. The Balaban J connectivity index is 1.54. The summed E-state index contributed by atoms with van der Waals surface area (Å²) in [6.45, 7) is 7.99. The number of hydrogen-bond donors (Lipinski definition) is 2. The maximum Gasteiger partial charge on any atom is 0.190 e. The molecule has 1 aliphatic rings. The van der Waals surface area contributed by atoms with Gasteiger partial charge >= 0.3 is 0 Å². The van der Waals surface area contributed by atoms with Gasteiger partial charge in [0.2, 0.25) is 0 Å². The van der Waals surface area contributed by atoms with Crippen LogP contribution in [0.1, 0.15) is 31.7 Å². The number of nitrogens with one attached hydrogen (secondary N) is 2. The van der Waals surface area contributed by atoms with E-state index in [0.717, 1.165) is 31.4 Å². The van der Waals surface area contributed by atoms with Crippen molar-refractivity contribution in [1.82, 2.24) is 15.5 Å². The summed E-state index contributed by atoms with van der Waals surface area (Å²) in [5, 5.41) is 6.80. The molecule has 23 heavy (non-hydrogen) atoms. The second-order valence-corrected chi connectivity index (χ2v) is 6.54. The molecule has 0 bridgehead atoms. The second-order valence-electron chi connectivity index (χ2n) is 6.54. The largest absolute Gasteiger partial charge is 0.356 e. The molecular weight excluding hydrogens is 284 g/mol. The molecule has 4 heteroatoms. The normalized spacial score (nSPS) is 17.2. The zero-order valence-electron chi connectivity index (χ0n) is 14.7. The summed E-state index contributed by atoms with van der Waals surface area (Å²) < 4.78 is 0. The number of rotatable bonds is 7. The van der Waals surface area contributed by atoms with E-state index in [9.17, 15) is 0 Å². The van der Waals surface area contributed by atoms with E-state index < -0.39 is 0 Å². The zero-order valence-corrected chi connectivity index (χ0v) is 14.7. The van der Waals surface area contributed by atoms with Crippen molar-refractivity contribution in [1.29, 1.82) is 0 Å². The van der Waals surface area contributed by atoms with Crippen LogP contribution < -0.4 is 10.6 Å². The van der Waals surface area contributed by atoms with E-state index in [4.69, 9.17) is 0 Å². The lowest BCUT2D eigenvalue weighted by Gasteiger charge is -2.30. The molecule has 0 spiro atoms. The monoisotopic (exact) mass is 316 g/mol. The molecule has 1 aromatic carbocycles. The Bertz CT molecular complexity index is 450. The van der Waals surface area contributed by atoms with Gasteiger partial charge < -0.3 is 15.5 Å². The molecule has 1 fully saturated rings. The third kappa shape index (κ3) is 7.04. The fourth-order valence-corrected chi connectivity index (χ4v) is 2.99. The van der Waals surface area contributed by atoms with Gasteiger partial charge in [0.1, 0.15) is 0 Å². The van der Waals surface area contributed by atoms with Crippen LogP contribution in [-0.2, 0) is 6.42 Å². The van der Waals surface area contributed by atoms with Gasteiger partial charge in [-0.25, -0.2) is 0 Å². The Morgan fingerprint density at radius 1 is 1.13 bits per heavy atom. The van der Waals surface area contributed by atoms with Crippen LogP contribution in [0, 0.1) is 5.92 Å². The molecule has 0 saturated carbocycles. The van der Waals surface area contributed by atoms with Crippen LogP contribution in [0.3, 0.4) is 0 Å². The highest BCUT2D eigenvalue weighted by Gasteiger charge is 2.14. The topological polar surface area (TPSA) is 39.7 Å². The first-order chi connectivity index (χ1) is 11.3. The SMILES string of the molecule is CN=C(NCCCN1CCC(C)CC1)NCCc1ccccc1. The smallest absolute Gasteiger partial charge is 0.190 e. The van der Waals surface area contributed by atoms with E-state index in [1.807, 2.05) is 7.05 Å². The van der Waals surface area contributed by atoms with Crippen LogP contribution in [0.15, 0.2) is 35.3 Å². The number of aliphatic imine (C=N–C) groups is 1. The summed E-state index contributed by atoms with van der Waals surface area (Å²) in [5.74, 6) is 1.82. The van der Waals surface area contributed by atoms with Crippen LogP contribution in [-0.4, -0.2) is 50.6 Å². The highest BCUT2D eigenvalue weighted by Crippen LogP contribution is 2.15. The lowest BCUT2D eigenvalue weighted by molar-refractivity contribution is 0.191. The van der Waals surface area contributed by atoms with Gasteiger partial charge in [0.05, 0.1) is 0 Å². The van der Waals surface area contributed by atoms with Gasteiger partial charge in [-0.2, -0.15) is 0 Å². The molecule has 2 rings (SSSR count). The molecule has 0 aromatic heterocycles. The van der Waals surface area contributed by atoms with Crippen molar-refractivity contribution < 1.29 is 0 Å². The molecular formula is C19H32N4. The van der Waals surface area contributed by atoms with Crippen LogP contribution in [0.4, 0.5) is 0 Å². The second kappa shape index (κ2) is 10.3. The zero-order chi connectivity index (χ0) is 16.3. The van der Waals surface area contributed by atoms with E-state index in [-0.39, 0.29) is 0 Å². The van der Waals surface area contributed by atoms with Gasteiger partial charge in [0.25, 0.3) is 0 Å². The first-order valence-electron chi connectivity index (χ1n) is 8.98. The van der Waals surface area contributed by atoms with Crippen molar-refractivity contribution in [3.8, 4) is 0 Å². The molecule has 1 aliphatic heterocycles. The first kappa shape index (κ1) is 17.8. The van der Waals surface area contributed by atoms with Crippen molar-refractivity contribution in [2.24, 2.45) is 10.9 Å². The number of piperidine rings is 1. The number of hydrogen-bond acceptors (Lipinski definition) is 2. The minimum absolute atomic E-state index is 0.910. The summed E-state index contributed by atoms with van der Waals surface area (Å²) in [4.78, 5) is 6.88. The van der Waals surface area contributed by atoms with Crippen molar-refractivity contribution >= 4 is 5.96 Å². The maximum atomic E-state index is 4.29. The summed E-state index contributed by atoms with van der Waals surface area (Å²) in [6, 6.07) is 10.6. The average Bonchev–Trinajstić information content (AvgIpc) is 2.59. The van der Waals surface area contributed by atoms with Gasteiger partial charge in [0, 0.05) is 20.1 Å². The van der Waals surface area contributed by atoms with E-state index in [1.54, 1.807) is 0 Å². The summed E-state index contributed by atoms with van der Waals surface area (Å²) in [6.07, 6.45) is 4.91. The number of guanidine groups is 1. The fourth-order valence-electron chi connectivity index (χ4n) is 2.99. The van der Waals surface area contributed by atoms with Crippen LogP contribution in [0.25, 0.3) is 0 Å². The van der Waals surface area contributed by atoms with E-state index in [1.165, 1.54) is 44.5 Å². The van der Waals surface area contributed by atoms with Gasteiger partial charge in [-0.3, -0.25) is 4.99 Å². The molecule has 1 saturated heterocycles. The average molecular weight is 316 g/mol. The molecule has 2 N–H and O–H groups in total. The van der Waals surface area contributed by atoms with Crippen molar-refractivity contribution in [2.45, 2.75) is 32.6 Å². The molecule has 0 atom stereocenters. The maximum absolute atomic E-state index is 4.29. The summed E-state index contributed by atoms with van der Waals surface area (Å²) >= 11 is 0. The third-order valence-electron chi connectivity index (χ3n) is 4.59. The minimum atomic E-state index is 0.910. The highest BCUT2D eigenvalue weighted by molar-refractivity contribution is 5.79. The molecule has 0 aliphatic carbocycles. The fraction of sp³-hybridized carbons (Fsp3) is 0.632. The number of nitrogens with zero attached hydrogens (tertiary/aromatic N) is 2. The Hall–Kier alpha value is -1.55. The Morgan fingerprint density at radius 2 is 1.83 bits per heavy atom. The standard InChI is InChI=1S/C19H32N4/c1-17-10-15-23(16-11-17)14-6-12-21-19(20-2)22-13-9-18-7-4-3-5-8-18/h3-5,7-8,17H,6,9-16H2,1-2H3,(H2,20,21,22). The van der Waals surface area contributed by atoms with Gasteiger partial charge in [-0.15, -0.1) is 0 Å². The van der Waals surface area contributed by atoms with Gasteiger partial charge in [-0.05, 0) is 56.8 Å². The Morgan fingerprint density at radius 3 is 2.52 bits per heavy atom. The van der Waals surface area contributed by atoms with Crippen molar-refractivity contribution in [2.75, 3.05) is 39.8 Å². The number of likely N-dealkylation sites (tertiary alicyclic amines) is 1. The third-order valence-corrected chi connectivity index (χ3v) is 4.59. The Labute approximate surface area is 141 Å². The lowest BCUT2D eigenvalue weighted by Crippen LogP contribution is -2.40. The van der Waals surface area contributed by atoms with Crippen LogP contribution in [0.2, 0.25) is 0 Å². The van der Waals surface area contributed by atoms with Crippen LogP contribution >= 0.6 is 0 Å². The summed E-state index contributed by atoms with van der Waals surface area (Å²) in [7, 11) is 1.84. The predicted octanol–water partition coefficient (Wildman–Crippen LogP) is 2.52. The van der Waals surface area contributed by atoms with E-state index in [2.05, 4.69) is 57.8 Å². The Kier molecular flexibility index (Phi) is 7.95. The van der Waals surface area contributed by atoms with Crippen molar-refractivity contribution in [3.05, 3.63) is 35.9 Å². The first-order valence-corrected chi connectivity index (χ1v) is 8.98. The van der Waals surface area contributed by atoms with Crippen LogP contribution in [0.5, 0.6) is 0 Å². The molecule has 0 amide bonds. The van der Waals surface area contributed by atoms with E-state index in [0.29, 0.717) is 0 Å². The molecule has 0 unspecified atom stereocenters.